The number of nitrogens with zero attached hydrogens (tertiary/aromatic N) is 1. The molecule has 0 heterocycles. The summed E-state index contributed by atoms with van der Waals surface area (Å²) in [4.78, 5) is 37.4. The van der Waals surface area contributed by atoms with Gasteiger partial charge in [-0.05, 0) is 60.7 Å². The fourth-order valence-corrected chi connectivity index (χ4v) is 3.20. The van der Waals surface area contributed by atoms with Gasteiger partial charge < -0.3 is 9.47 Å². The van der Waals surface area contributed by atoms with Crippen molar-refractivity contribution in [2.24, 2.45) is 5.10 Å². The maximum absolute atomic E-state index is 12.7. The van der Waals surface area contributed by atoms with Crippen molar-refractivity contribution in [2.75, 3.05) is 0 Å². The lowest BCUT2D eigenvalue weighted by atomic mass is 10.2. The minimum absolute atomic E-state index is 0.0895. The van der Waals surface area contributed by atoms with Gasteiger partial charge in [0.1, 0.15) is 11.5 Å². The second-order valence-electron chi connectivity index (χ2n) is 7.42. The lowest BCUT2D eigenvalue weighted by Gasteiger charge is -2.10. The number of ether oxygens (including phenoxy) is 2. The second kappa shape index (κ2) is 11.6. The van der Waals surface area contributed by atoms with E-state index in [2.05, 4.69) is 10.5 Å². The van der Waals surface area contributed by atoms with Crippen LogP contribution in [0.5, 0.6) is 11.5 Å². The van der Waals surface area contributed by atoms with Crippen molar-refractivity contribution in [3.05, 3.63) is 130 Å². The van der Waals surface area contributed by atoms with E-state index in [0.717, 1.165) is 0 Å². The highest BCUT2D eigenvalue weighted by Crippen LogP contribution is 2.26. The van der Waals surface area contributed by atoms with E-state index in [-0.39, 0.29) is 11.5 Å². The summed E-state index contributed by atoms with van der Waals surface area (Å²) >= 11 is 5.85. The third-order valence-electron chi connectivity index (χ3n) is 4.89. The number of benzene rings is 4. The maximum Gasteiger partial charge on any atom is 0.343 e. The molecule has 4 aromatic rings. The van der Waals surface area contributed by atoms with Crippen LogP contribution in [-0.2, 0) is 0 Å². The van der Waals surface area contributed by atoms with Crippen molar-refractivity contribution in [3.8, 4) is 11.5 Å². The molecule has 36 heavy (non-hydrogen) atoms. The quantitative estimate of drug-likeness (QED) is 0.156. The third-order valence-corrected chi connectivity index (χ3v) is 5.15. The van der Waals surface area contributed by atoms with Gasteiger partial charge in [0.15, 0.2) is 0 Å². The number of halogens is 1. The van der Waals surface area contributed by atoms with Crippen LogP contribution in [0.1, 0.15) is 36.6 Å². The van der Waals surface area contributed by atoms with E-state index in [0.29, 0.717) is 27.3 Å². The molecular formula is C28H19ClN2O5. The summed E-state index contributed by atoms with van der Waals surface area (Å²) in [5.41, 5.74) is 3.86. The van der Waals surface area contributed by atoms with Gasteiger partial charge in [-0.25, -0.2) is 15.0 Å². The van der Waals surface area contributed by atoms with E-state index >= 15 is 0 Å². The first kappa shape index (κ1) is 24.4. The molecule has 4 rings (SSSR count). The number of carbonyl (C=O) groups is 3. The van der Waals surface area contributed by atoms with Crippen LogP contribution in [-0.4, -0.2) is 24.1 Å². The van der Waals surface area contributed by atoms with Gasteiger partial charge in [0, 0.05) is 22.2 Å². The summed E-state index contributed by atoms with van der Waals surface area (Å²) in [5, 5.41) is 4.47. The van der Waals surface area contributed by atoms with Crippen LogP contribution in [0.3, 0.4) is 0 Å². The SMILES string of the molecule is O=C(N/N=C\c1ccc(OC(=O)c2ccccc2)cc1OC(=O)c1ccccc1)c1ccc(Cl)cc1. The van der Waals surface area contributed by atoms with Gasteiger partial charge in [-0.1, -0.05) is 48.0 Å². The molecule has 1 amide bonds. The molecule has 0 aliphatic carbocycles. The molecule has 0 aliphatic rings. The minimum Gasteiger partial charge on any atom is -0.423 e. The first-order valence-electron chi connectivity index (χ1n) is 10.8. The largest absolute Gasteiger partial charge is 0.423 e. The number of rotatable bonds is 7. The molecule has 0 fully saturated rings. The van der Waals surface area contributed by atoms with E-state index in [1.807, 2.05) is 0 Å². The number of nitrogens with one attached hydrogen (secondary N) is 1. The minimum atomic E-state index is -0.609. The van der Waals surface area contributed by atoms with Crippen molar-refractivity contribution in [1.29, 1.82) is 0 Å². The first-order chi connectivity index (χ1) is 17.5. The van der Waals surface area contributed by atoms with E-state index in [4.69, 9.17) is 21.1 Å². The Morgan fingerprint density at radius 3 is 1.89 bits per heavy atom. The monoisotopic (exact) mass is 498 g/mol. The van der Waals surface area contributed by atoms with Gasteiger partial charge in [0.2, 0.25) is 0 Å². The molecule has 0 aromatic heterocycles. The summed E-state index contributed by atoms with van der Waals surface area (Å²) < 4.78 is 11.0. The fourth-order valence-electron chi connectivity index (χ4n) is 3.07. The average molecular weight is 499 g/mol. The molecule has 0 radical (unpaired) electrons. The normalized spacial score (nSPS) is 10.6. The van der Waals surface area contributed by atoms with Crippen LogP contribution in [0, 0.1) is 0 Å². The topological polar surface area (TPSA) is 94.1 Å². The summed E-state index contributed by atoms with van der Waals surface area (Å²) in [6.07, 6.45) is 1.32. The number of carbonyl (C=O) groups excluding carboxylic acids is 3. The van der Waals surface area contributed by atoms with E-state index in [1.54, 1.807) is 91.0 Å². The number of hydrazone groups is 1. The van der Waals surface area contributed by atoms with Crippen LogP contribution in [0.2, 0.25) is 5.02 Å². The third kappa shape index (κ3) is 6.43. The molecular weight excluding hydrogens is 480 g/mol. The number of amides is 1. The van der Waals surface area contributed by atoms with E-state index in [1.165, 1.54) is 18.3 Å². The van der Waals surface area contributed by atoms with Crippen LogP contribution in [0.15, 0.2) is 108 Å². The van der Waals surface area contributed by atoms with Crippen molar-refractivity contribution >= 4 is 35.7 Å². The van der Waals surface area contributed by atoms with Crippen LogP contribution >= 0.6 is 11.6 Å². The Kier molecular flexibility index (Phi) is 7.85. The Labute approximate surface area is 211 Å². The predicted octanol–water partition coefficient (Wildman–Crippen LogP) is 5.54. The molecule has 0 unspecified atom stereocenters. The fraction of sp³-hybridized carbons (Fsp3) is 0. The molecule has 8 heteroatoms. The molecule has 0 saturated heterocycles. The Hall–Kier alpha value is -4.75. The first-order valence-corrected chi connectivity index (χ1v) is 11.1. The summed E-state index contributed by atoms with van der Waals surface area (Å²) in [6.45, 7) is 0. The van der Waals surface area contributed by atoms with Gasteiger partial charge in [-0.15, -0.1) is 0 Å². The predicted molar refractivity (Wildman–Crippen MR) is 136 cm³/mol. The highest BCUT2D eigenvalue weighted by atomic mass is 35.5. The highest BCUT2D eigenvalue weighted by Gasteiger charge is 2.15. The lowest BCUT2D eigenvalue weighted by Crippen LogP contribution is -2.17. The van der Waals surface area contributed by atoms with Gasteiger partial charge in [-0.2, -0.15) is 5.10 Å². The molecule has 0 saturated carbocycles. The van der Waals surface area contributed by atoms with Gasteiger partial charge in [0.25, 0.3) is 5.91 Å². The van der Waals surface area contributed by atoms with Crippen molar-refractivity contribution in [3.63, 3.8) is 0 Å². The Morgan fingerprint density at radius 2 is 1.28 bits per heavy atom. The van der Waals surface area contributed by atoms with Gasteiger partial charge in [-0.3, -0.25) is 4.79 Å². The molecule has 7 nitrogen and oxygen atoms in total. The Balaban J connectivity index is 1.55. The number of hydrogen-bond acceptors (Lipinski definition) is 6. The second-order valence-corrected chi connectivity index (χ2v) is 7.85. The summed E-state index contributed by atoms with van der Waals surface area (Å²) in [6, 6.07) is 27.7. The lowest BCUT2D eigenvalue weighted by molar-refractivity contribution is 0.0732. The Bertz CT molecular complexity index is 1410. The molecule has 178 valence electrons. The van der Waals surface area contributed by atoms with E-state index < -0.39 is 17.8 Å². The average Bonchev–Trinajstić information content (AvgIpc) is 2.91. The van der Waals surface area contributed by atoms with Crippen molar-refractivity contribution in [1.82, 2.24) is 5.43 Å². The molecule has 0 spiro atoms. The molecule has 4 aromatic carbocycles. The van der Waals surface area contributed by atoms with Gasteiger partial charge >= 0.3 is 11.9 Å². The smallest absolute Gasteiger partial charge is 0.343 e. The maximum atomic E-state index is 12.7. The summed E-state index contributed by atoms with van der Waals surface area (Å²) in [7, 11) is 0. The van der Waals surface area contributed by atoms with Crippen LogP contribution < -0.4 is 14.9 Å². The zero-order valence-corrected chi connectivity index (χ0v) is 19.5. The molecule has 0 aliphatic heterocycles. The standard InChI is InChI=1S/C28H19ClN2O5/c29-23-14-11-19(12-15-23)26(32)31-30-18-22-13-16-24(35-27(33)20-7-3-1-4-8-20)17-25(22)36-28(34)21-9-5-2-6-10-21/h1-18H,(H,31,32)/b30-18-. The molecule has 0 bridgehead atoms. The van der Waals surface area contributed by atoms with Crippen LogP contribution in [0.25, 0.3) is 0 Å². The highest BCUT2D eigenvalue weighted by molar-refractivity contribution is 6.30. The zero-order valence-electron chi connectivity index (χ0n) is 18.8. The van der Waals surface area contributed by atoms with Gasteiger partial charge in [0.05, 0.1) is 17.3 Å². The van der Waals surface area contributed by atoms with E-state index in [9.17, 15) is 14.4 Å². The zero-order chi connectivity index (χ0) is 25.3. The van der Waals surface area contributed by atoms with Crippen molar-refractivity contribution < 1.29 is 23.9 Å². The van der Waals surface area contributed by atoms with Crippen LogP contribution in [0.4, 0.5) is 0 Å². The number of esters is 2. The van der Waals surface area contributed by atoms with Crippen molar-refractivity contribution in [2.45, 2.75) is 0 Å². The molecule has 1 N–H and O–H groups in total. The Morgan fingerprint density at radius 1 is 0.694 bits per heavy atom. The molecule has 0 atom stereocenters. The number of hydrogen-bond donors (Lipinski definition) is 1. The summed E-state index contributed by atoms with van der Waals surface area (Å²) in [5.74, 6) is -1.36.